The first-order valence-electron chi connectivity index (χ1n) is 5.30. The molecule has 0 bridgehead atoms. The fourth-order valence-electron chi connectivity index (χ4n) is 1.99. The number of allylic oxidation sites excluding steroid dienone is 1. The van der Waals surface area contributed by atoms with Crippen molar-refractivity contribution in [2.45, 2.75) is 44.1 Å². The summed E-state index contributed by atoms with van der Waals surface area (Å²) >= 11 is 0. The van der Waals surface area contributed by atoms with Gasteiger partial charge in [-0.05, 0) is 26.2 Å². The zero-order valence-corrected chi connectivity index (χ0v) is 8.52. The fourth-order valence-corrected chi connectivity index (χ4v) is 1.99. The molecule has 2 aliphatic carbocycles. The molecule has 1 N–H and O–H groups in total. The molecule has 0 aliphatic heterocycles. The van der Waals surface area contributed by atoms with Crippen LogP contribution in [0.15, 0.2) is 12.2 Å². The van der Waals surface area contributed by atoms with Crippen LogP contribution in [0.1, 0.15) is 32.6 Å². The van der Waals surface area contributed by atoms with Crippen molar-refractivity contribution < 1.29 is 8.78 Å². The Balaban J connectivity index is 1.77. The molecule has 0 aromatic heterocycles. The molecule has 0 radical (unpaired) electrons. The Bertz CT molecular complexity index is 250. The highest BCUT2D eigenvalue weighted by atomic mass is 19.3. The molecule has 1 saturated carbocycles. The van der Waals surface area contributed by atoms with Gasteiger partial charge in [-0.1, -0.05) is 12.2 Å². The summed E-state index contributed by atoms with van der Waals surface area (Å²) in [5.74, 6) is -2.79. The summed E-state index contributed by atoms with van der Waals surface area (Å²) < 4.78 is 25.2. The Morgan fingerprint density at radius 1 is 1.43 bits per heavy atom. The average Bonchev–Trinajstić information content (AvgIpc) is 2.73. The van der Waals surface area contributed by atoms with E-state index < -0.39 is 11.8 Å². The fraction of sp³-hybridized carbons (Fsp3) is 0.818. The van der Waals surface area contributed by atoms with E-state index in [4.69, 9.17) is 0 Å². The topological polar surface area (TPSA) is 12.0 Å². The van der Waals surface area contributed by atoms with E-state index >= 15 is 0 Å². The van der Waals surface area contributed by atoms with E-state index in [0.29, 0.717) is 6.54 Å². The summed E-state index contributed by atoms with van der Waals surface area (Å²) in [6.45, 7) is 2.59. The summed E-state index contributed by atoms with van der Waals surface area (Å²) in [6.07, 6.45) is 7.46. The number of nitrogens with one attached hydrogen (secondary N) is 1. The standard InChI is InChI=1S/C11H17F2N/c1-10(5-3-2-4-6-10)14-8-9-7-11(9,12)13/h2-3,9,14H,4-8H2,1H3. The van der Waals surface area contributed by atoms with Gasteiger partial charge < -0.3 is 5.32 Å². The van der Waals surface area contributed by atoms with Crippen molar-refractivity contribution >= 4 is 0 Å². The molecule has 3 heteroatoms. The third-order valence-corrected chi connectivity index (χ3v) is 3.33. The molecule has 14 heavy (non-hydrogen) atoms. The molecule has 2 atom stereocenters. The summed E-state index contributed by atoms with van der Waals surface area (Å²) in [4.78, 5) is 0. The Kier molecular flexibility index (Phi) is 2.38. The molecule has 1 fully saturated rings. The second-order valence-corrected chi connectivity index (χ2v) is 4.82. The van der Waals surface area contributed by atoms with Crippen molar-refractivity contribution in [1.29, 1.82) is 0 Å². The Morgan fingerprint density at radius 2 is 2.14 bits per heavy atom. The van der Waals surface area contributed by atoms with Crippen molar-refractivity contribution in [3.63, 3.8) is 0 Å². The van der Waals surface area contributed by atoms with Gasteiger partial charge in [0.1, 0.15) is 0 Å². The van der Waals surface area contributed by atoms with E-state index in [2.05, 4.69) is 24.4 Å². The lowest BCUT2D eigenvalue weighted by Gasteiger charge is -2.32. The SMILES string of the molecule is CC1(NCC2CC2(F)F)CC=CCC1. The summed E-state index contributed by atoms with van der Waals surface area (Å²) in [6, 6.07) is 0. The molecule has 1 nitrogen and oxygen atoms in total. The molecule has 0 aromatic rings. The van der Waals surface area contributed by atoms with Crippen LogP contribution in [0.2, 0.25) is 0 Å². The van der Waals surface area contributed by atoms with Gasteiger partial charge in [0, 0.05) is 24.4 Å². The monoisotopic (exact) mass is 201 g/mol. The van der Waals surface area contributed by atoms with E-state index in [1.807, 2.05) is 0 Å². The number of alkyl halides is 2. The third kappa shape index (κ3) is 2.14. The maximum absolute atomic E-state index is 12.6. The minimum absolute atomic E-state index is 0.0490. The van der Waals surface area contributed by atoms with Crippen LogP contribution in [0.25, 0.3) is 0 Å². The van der Waals surface area contributed by atoms with Crippen LogP contribution in [0, 0.1) is 5.92 Å². The lowest BCUT2D eigenvalue weighted by atomic mass is 9.87. The Hall–Kier alpha value is -0.440. The van der Waals surface area contributed by atoms with Gasteiger partial charge in [-0.15, -0.1) is 0 Å². The first kappa shape index (κ1) is 10.1. The predicted octanol–water partition coefficient (Wildman–Crippen LogP) is 2.73. The molecule has 0 aromatic carbocycles. The van der Waals surface area contributed by atoms with Crippen LogP contribution in [0.4, 0.5) is 8.78 Å². The molecule has 0 saturated heterocycles. The van der Waals surface area contributed by atoms with Crippen LogP contribution in [-0.2, 0) is 0 Å². The highest BCUT2D eigenvalue weighted by molar-refractivity contribution is 5.03. The van der Waals surface area contributed by atoms with Gasteiger partial charge in [0.25, 0.3) is 5.92 Å². The summed E-state index contributed by atoms with van der Waals surface area (Å²) in [7, 11) is 0. The third-order valence-electron chi connectivity index (χ3n) is 3.33. The molecular weight excluding hydrogens is 184 g/mol. The van der Waals surface area contributed by atoms with Crippen LogP contribution in [-0.4, -0.2) is 18.0 Å². The van der Waals surface area contributed by atoms with Gasteiger partial charge in [0.15, 0.2) is 0 Å². The van der Waals surface area contributed by atoms with Crippen molar-refractivity contribution in [3.05, 3.63) is 12.2 Å². The largest absolute Gasteiger partial charge is 0.311 e. The molecule has 0 amide bonds. The molecule has 2 unspecified atom stereocenters. The van der Waals surface area contributed by atoms with Crippen molar-refractivity contribution in [2.24, 2.45) is 5.92 Å². The lowest BCUT2D eigenvalue weighted by Crippen LogP contribution is -2.44. The molecule has 80 valence electrons. The van der Waals surface area contributed by atoms with Crippen molar-refractivity contribution in [1.82, 2.24) is 5.32 Å². The van der Waals surface area contributed by atoms with E-state index in [9.17, 15) is 8.78 Å². The molecule has 2 rings (SSSR count). The molecule has 0 spiro atoms. The van der Waals surface area contributed by atoms with Gasteiger partial charge in [-0.3, -0.25) is 0 Å². The first-order chi connectivity index (χ1) is 6.52. The zero-order chi connectivity index (χ0) is 10.2. The lowest BCUT2D eigenvalue weighted by molar-refractivity contribution is 0.0963. The summed E-state index contributed by atoms with van der Waals surface area (Å²) in [5.41, 5.74) is 0.0490. The van der Waals surface area contributed by atoms with E-state index in [-0.39, 0.29) is 12.0 Å². The number of halogens is 2. The minimum atomic E-state index is -2.38. The first-order valence-corrected chi connectivity index (χ1v) is 5.30. The van der Waals surface area contributed by atoms with Gasteiger partial charge in [0.2, 0.25) is 0 Å². The maximum atomic E-state index is 12.6. The second-order valence-electron chi connectivity index (χ2n) is 4.82. The summed E-state index contributed by atoms with van der Waals surface area (Å²) in [5, 5.41) is 3.28. The predicted molar refractivity (Wildman–Crippen MR) is 52.5 cm³/mol. The van der Waals surface area contributed by atoms with Gasteiger partial charge in [-0.25, -0.2) is 8.78 Å². The van der Waals surface area contributed by atoms with Crippen LogP contribution in [0.5, 0.6) is 0 Å². The molecular formula is C11H17F2N. The maximum Gasteiger partial charge on any atom is 0.252 e. The van der Waals surface area contributed by atoms with E-state index in [1.165, 1.54) is 0 Å². The van der Waals surface area contributed by atoms with Gasteiger partial charge >= 0.3 is 0 Å². The van der Waals surface area contributed by atoms with Crippen LogP contribution < -0.4 is 5.32 Å². The smallest absolute Gasteiger partial charge is 0.252 e. The van der Waals surface area contributed by atoms with Gasteiger partial charge in [-0.2, -0.15) is 0 Å². The number of rotatable bonds is 3. The Labute approximate surface area is 83.6 Å². The highest BCUT2D eigenvalue weighted by Gasteiger charge is 2.56. The van der Waals surface area contributed by atoms with Crippen LogP contribution >= 0.6 is 0 Å². The van der Waals surface area contributed by atoms with Crippen molar-refractivity contribution in [3.8, 4) is 0 Å². The number of hydrogen-bond acceptors (Lipinski definition) is 1. The minimum Gasteiger partial charge on any atom is -0.311 e. The highest BCUT2D eigenvalue weighted by Crippen LogP contribution is 2.48. The molecule has 0 heterocycles. The van der Waals surface area contributed by atoms with E-state index in [0.717, 1.165) is 19.3 Å². The van der Waals surface area contributed by atoms with Crippen molar-refractivity contribution in [2.75, 3.05) is 6.54 Å². The molecule has 2 aliphatic rings. The zero-order valence-electron chi connectivity index (χ0n) is 8.52. The Morgan fingerprint density at radius 3 is 2.64 bits per heavy atom. The second kappa shape index (κ2) is 3.30. The normalized spacial score (nSPS) is 39.8. The van der Waals surface area contributed by atoms with Crippen LogP contribution in [0.3, 0.4) is 0 Å². The number of hydrogen-bond donors (Lipinski definition) is 1. The average molecular weight is 201 g/mol. The van der Waals surface area contributed by atoms with E-state index in [1.54, 1.807) is 0 Å². The van der Waals surface area contributed by atoms with Gasteiger partial charge in [0.05, 0.1) is 0 Å². The quantitative estimate of drug-likeness (QED) is 0.692.